The van der Waals surface area contributed by atoms with Crippen LogP contribution in [0.4, 0.5) is 0 Å². The van der Waals surface area contributed by atoms with Gasteiger partial charge in [-0.05, 0) is 31.0 Å². The fourth-order valence-corrected chi connectivity index (χ4v) is 3.12. The van der Waals surface area contributed by atoms with Crippen LogP contribution in [-0.4, -0.2) is 47.3 Å². The first-order chi connectivity index (χ1) is 10.3. The van der Waals surface area contributed by atoms with E-state index in [1.807, 2.05) is 0 Å². The highest BCUT2D eigenvalue weighted by Gasteiger charge is 2.12. The molecule has 21 heavy (non-hydrogen) atoms. The van der Waals surface area contributed by atoms with Gasteiger partial charge in [-0.25, -0.2) is 4.98 Å². The third-order valence-corrected chi connectivity index (χ3v) is 4.30. The Morgan fingerprint density at radius 3 is 2.81 bits per heavy atom. The van der Waals surface area contributed by atoms with Crippen molar-refractivity contribution in [1.82, 2.24) is 14.5 Å². The molecule has 0 aliphatic carbocycles. The lowest BCUT2D eigenvalue weighted by Crippen LogP contribution is -2.37. The summed E-state index contributed by atoms with van der Waals surface area (Å²) >= 11 is 6.06. The Labute approximate surface area is 130 Å². The van der Waals surface area contributed by atoms with E-state index in [-0.39, 0.29) is 0 Å². The zero-order valence-corrected chi connectivity index (χ0v) is 13.3. The second-order valence-electron chi connectivity index (χ2n) is 5.61. The van der Waals surface area contributed by atoms with Gasteiger partial charge in [0.25, 0.3) is 0 Å². The zero-order valence-electron chi connectivity index (χ0n) is 12.5. The number of fused-ring (bicyclic) bond motifs is 1. The highest BCUT2D eigenvalue weighted by atomic mass is 35.5. The Hall–Kier alpha value is -1.10. The summed E-state index contributed by atoms with van der Waals surface area (Å²) in [5.41, 5.74) is 3.51. The minimum Gasteiger partial charge on any atom is -0.379 e. The lowest BCUT2D eigenvalue weighted by molar-refractivity contribution is 0.0369. The Bertz CT molecular complexity index is 605. The van der Waals surface area contributed by atoms with Crippen molar-refractivity contribution in [3.63, 3.8) is 0 Å². The smallest absolute Gasteiger partial charge is 0.124 e. The Morgan fingerprint density at radius 2 is 2.05 bits per heavy atom. The number of aryl methyl sites for hydroxylation is 2. The van der Waals surface area contributed by atoms with Crippen LogP contribution in [0, 0.1) is 6.92 Å². The Kier molecular flexibility index (Phi) is 4.78. The first kappa shape index (κ1) is 14.8. The molecule has 3 rings (SSSR count). The molecule has 5 heteroatoms. The normalized spacial score (nSPS) is 16.7. The molecule has 0 radical (unpaired) electrons. The summed E-state index contributed by atoms with van der Waals surface area (Å²) < 4.78 is 7.66. The molecule has 1 aliphatic rings. The third-order valence-electron chi connectivity index (χ3n) is 4.06. The molecule has 0 atom stereocenters. The van der Waals surface area contributed by atoms with E-state index in [2.05, 4.69) is 39.6 Å². The molecule has 1 fully saturated rings. The topological polar surface area (TPSA) is 30.3 Å². The number of halogens is 1. The van der Waals surface area contributed by atoms with Crippen LogP contribution in [0.1, 0.15) is 17.8 Å². The van der Waals surface area contributed by atoms with Crippen molar-refractivity contribution in [3.8, 4) is 0 Å². The van der Waals surface area contributed by atoms with E-state index in [4.69, 9.17) is 16.3 Å². The van der Waals surface area contributed by atoms with E-state index in [9.17, 15) is 0 Å². The predicted molar refractivity (Wildman–Crippen MR) is 85.9 cm³/mol. The molecule has 4 nitrogen and oxygen atoms in total. The molecule has 0 N–H and O–H groups in total. The molecule has 2 heterocycles. The standard InChI is InChI=1S/C16H22ClN3O/c1-13-3-4-14-15(11-13)20(16(12-17)18-14)6-2-5-19-7-9-21-10-8-19/h3-4,11H,2,5-10,12H2,1H3. The van der Waals surface area contributed by atoms with Crippen molar-refractivity contribution >= 4 is 22.6 Å². The van der Waals surface area contributed by atoms with E-state index in [1.54, 1.807) is 0 Å². The summed E-state index contributed by atoms with van der Waals surface area (Å²) in [7, 11) is 0. The molecular formula is C16H22ClN3O. The molecular weight excluding hydrogens is 286 g/mol. The number of hydrogen-bond donors (Lipinski definition) is 0. The summed E-state index contributed by atoms with van der Waals surface area (Å²) in [4.78, 5) is 7.10. The van der Waals surface area contributed by atoms with Gasteiger partial charge in [-0.2, -0.15) is 0 Å². The maximum absolute atomic E-state index is 6.06. The van der Waals surface area contributed by atoms with Crippen molar-refractivity contribution < 1.29 is 4.74 Å². The van der Waals surface area contributed by atoms with Crippen LogP contribution in [-0.2, 0) is 17.2 Å². The molecule has 0 amide bonds. The highest BCUT2D eigenvalue weighted by molar-refractivity contribution is 6.16. The molecule has 0 unspecified atom stereocenters. The number of morpholine rings is 1. The maximum atomic E-state index is 6.06. The van der Waals surface area contributed by atoms with Gasteiger partial charge in [0.05, 0.1) is 30.1 Å². The highest BCUT2D eigenvalue weighted by Crippen LogP contribution is 2.19. The van der Waals surface area contributed by atoms with Gasteiger partial charge >= 0.3 is 0 Å². The van der Waals surface area contributed by atoms with E-state index >= 15 is 0 Å². The number of alkyl halides is 1. The number of imidazole rings is 1. The second kappa shape index (κ2) is 6.77. The zero-order chi connectivity index (χ0) is 14.7. The summed E-state index contributed by atoms with van der Waals surface area (Å²) in [5, 5.41) is 0. The first-order valence-electron chi connectivity index (χ1n) is 7.60. The number of aromatic nitrogens is 2. The van der Waals surface area contributed by atoms with Crippen molar-refractivity contribution in [1.29, 1.82) is 0 Å². The van der Waals surface area contributed by atoms with Crippen LogP contribution >= 0.6 is 11.6 Å². The van der Waals surface area contributed by atoms with Crippen LogP contribution < -0.4 is 0 Å². The first-order valence-corrected chi connectivity index (χ1v) is 8.13. The molecule has 0 bridgehead atoms. The van der Waals surface area contributed by atoms with Crippen molar-refractivity contribution in [2.24, 2.45) is 0 Å². The van der Waals surface area contributed by atoms with E-state index in [0.29, 0.717) is 5.88 Å². The van der Waals surface area contributed by atoms with E-state index in [0.717, 1.165) is 57.2 Å². The Morgan fingerprint density at radius 1 is 1.24 bits per heavy atom. The SMILES string of the molecule is Cc1ccc2nc(CCl)n(CCCN3CCOCC3)c2c1. The van der Waals surface area contributed by atoms with E-state index < -0.39 is 0 Å². The van der Waals surface area contributed by atoms with Crippen molar-refractivity contribution in [2.45, 2.75) is 25.8 Å². The van der Waals surface area contributed by atoms with Crippen LogP contribution in [0.2, 0.25) is 0 Å². The average molecular weight is 308 g/mol. The summed E-state index contributed by atoms with van der Waals surface area (Å²) in [6.07, 6.45) is 1.11. The summed E-state index contributed by atoms with van der Waals surface area (Å²) in [6.45, 7) is 8.01. The largest absolute Gasteiger partial charge is 0.379 e. The molecule has 1 aromatic heterocycles. The van der Waals surface area contributed by atoms with Crippen molar-refractivity contribution in [3.05, 3.63) is 29.6 Å². The maximum Gasteiger partial charge on any atom is 0.124 e. The van der Waals surface area contributed by atoms with Crippen LogP contribution in [0.3, 0.4) is 0 Å². The van der Waals surface area contributed by atoms with E-state index in [1.165, 1.54) is 11.1 Å². The van der Waals surface area contributed by atoms with Crippen molar-refractivity contribution in [2.75, 3.05) is 32.8 Å². The molecule has 2 aromatic rings. The minimum atomic E-state index is 0.464. The van der Waals surface area contributed by atoms with Crippen LogP contribution in [0.5, 0.6) is 0 Å². The fourth-order valence-electron chi connectivity index (χ4n) is 2.91. The van der Waals surface area contributed by atoms with Gasteiger partial charge in [-0.15, -0.1) is 11.6 Å². The number of ether oxygens (including phenoxy) is 1. The van der Waals surface area contributed by atoms with Gasteiger partial charge in [0.15, 0.2) is 0 Å². The average Bonchev–Trinajstić information content (AvgIpc) is 2.86. The molecule has 1 aliphatic heterocycles. The number of benzene rings is 1. The van der Waals surface area contributed by atoms with Gasteiger partial charge in [0, 0.05) is 26.2 Å². The lowest BCUT2D eigenvalue weighted by Gasteiger charge is -2.26. The quantitative estimate of drug-likeness (QED) is 0.796. The minimum absolute atomic E-state index is 0.464. The monoisotopic (exact) mass is 307 g/mol. The summed E-state index contributed by atoms with van der Waals surface area (Å²) in [5.74, 6) is 1.44. The molecule has 114 valence electrons. The molecule has 0 saturated carbocycles. The number of nitrogens with zero attached hydrogens (tertiary/aromatic N) is 3. The van der Waals surface area contributed by atoms with Gasteiger partial charge in [-0.1, -0.05) is 6.07 Å². The number of hydrogen-bond acceptors (Lipinski definition) is 3. The lowest BCUT2D eigenvalue weighted by atomic mass is 10.2. The van der Waals surface area contributed by atoms with Gasteiger partial charge < -0.3 is 9.30 Å². The van der Waals surface area contributed by atoms with Crippen LogP contribution in [0.25, 0.3) is 11.0 Å². The van der Waals surface area contributed by atoms with Crippen LogP contribution in [0.15, 0.2) is 18.2 Å². The summed E-state index contributed by atoms with van der Waals surface area (Å²) in [6, 6.07) is 6.39. The predicted octanol–water partition coefficient (Wildman–Crippen LogP) is 2.81. The molecule has 0 spiro atoms. The van der Waals surface area contributed by atoms with Gasteiger partial charge in [-0.3, -0.25) is 4.90 Å². The van der Waals surface area contributed by atoms with Gasteiger partial charge in [0.1, 0.15) is 5.82 Å². The van der Waals surface area contributed by atoms with Gasteiger partial charge in [0.2, 0.25) is 0 Å². The fraction of sp³-hybridized carbons (Fsp3) is 0.562. The molecule has 1 saturated heterocycles. The third kappa shape index (κ3) is 3.39. The molecule has 1 aromatic carbocycles. The Balaban J connectivity index is 1.71. The number of rotatable bonds is 5. The second-order valence-corrected chi connectivity index (χ2v) is 5.88.